The number of isocyanates is 1. The summed E-state index contributed by atoms with van der Waals surface area (Å²) in [7, 11) is 0. The molecule has 84 valence electrons. The number of hydrogen-bond acceptors (Lipinski definition) is 3. The van der Waals surface area contributed by atoms with Crippen molar-refractivity contribution in [3.63, 3.8) is 0 Å². The Morgan fingerprint density at radius 1 is 1.20 bits per heavy atom. The molecule has 1 rings (SSSR count). The zero-order valence-corrected chi connectivity index (χ0v) is 7.88. The van der Waals surface area contributed by atoms with Gasteiger partial charge < -0.3 is 0 Å². The SMILES string of the molecule is O=C=N[N+]1(C(=O)C(F)(F)F)CCCCC1. The highest BCUT2D eigenvalue weighted by Crippen LogP contribution is 2.28. The third-order valence-electron chi connectivity index (χ3n) is 2.41. The van der Waals surface area contributed by atoms with E-state index < -0.39 is 16.7 Å². The smallest absolute Gasteiger partial charge is 0.217 e. The van der Waals surface area contributed by atoms with E-state index in [2.05, 4.69) is 5.10 Å². The van der Waals surface area contributed by atoms with Crippen molar-refractivity contribution in [2.45, 2.75) is 25.4 Å². The van der Waals surface area contributed by atoms with Crippen molar-refractivity contribution < 1.29 is 27.4 Å². The van der Waals surface area contributed by atoms with Crippen LogP contribution in [0.25, 0.3) is 0 Å². The molecule has 0 unspecified atom stereocenters. The highest BCUT2D eigenvalue weighted by atomic mass is 19.4. The molecular weight excluding hydrogens is 213 g/mol. The van der Waals surface area contributed by atoms with Gasteiger partial charge in [0.05, 0.1) is 0 Å². The Balaban J connectivity index is 3.00. The fraction of sp³-hybridized carbons (Fsp3) is 0.750. The van der Waals surface area contributed by atoms with E-state index in [1.165, 1.54) is 0 Å². The van der Waals surface area contributed by atoms with Crippen LogP contribution in [-0.2, 0) is 9.59 Å². The summed E-state index contributed by atoms with van der Waals surface area (Å²) in [5, 5.41) is 3.04. The van der Waals surface area contributed by atoms with Gasteiger partial charge in [-0.25, -0.2) is 9.59 Å². The second kappa shape index (κ2) is 4.12. The van der Waals surface area contributed by atoms with Gasteiger partial charge in [0.25, 0.3) is 6.08 Å². The summed E-state index contributed by atoms with van der Waals surface area (Å²) in [6.45, 7) is -0.152. The summed E-state index contributed by atoms with van der Waals surface area (Å²) in [5.41, 5.74) is 0. The van der Waals surface area contributed by atoms with E-state index in [1.54, 1.807) is 0 Å². The molecular formula is C8H10F3N2O2+. The molecule has 1 aliphatic rings. The largest absolute Gasteiger partial charge is 0.512 e. The number of piperidine rings is 1. The lowest BCUT2D eigenvalue weighted by Crippen LogP contribution is -2.56. The first-order valence-electron chi connectivity index (χ1n) is 4.50. The number of quaternary nitrogens is 1. The van der Waals surface area contributed by atoms with Gasteiger partial charge in [-0.15, -0.1) is 4.59 Å². The molecule has 1 amide bonds. The Morgan fingerprint density at radius 2 is 1.73 bits per heavy atom. The normalized spacial score (nSPS) is 20.5. The lowest BCUT2D eigenvalue weighted by atomic mass is 10.1. The minimum Gasteiger partial charge on any atom is -0.217 e. The van der Waals surface area contributed by atoms with Gasteiger partial charge in [-0.1, -0.05) is 0 Å². The standard InChI is InChI=1S/C8H10F3N2O2/c9-8(10,11)7(15)13(12-6-14)4-2-1-3-5-13/h1-5H2/q+1. The van der Waals surface area contributed by atoms with Crippen molar-refractivity contribution in [2.75, 3.05) is 13.1 Å². The van der Waals surface area contributed by atoms with Crippen molar-refractivity contribution >= 4 is 12.0 Å². The van der Waals surface area contributed by atoms with Gasteiger partial charge in [0.1, 0.15) is 13.1 Å². The molecule has 4 nitrogen and oxygen atoms in total. The predicted octanol–water partition coefficient (Wildman–Crippen LogP) is 1.33. The van der Waals surface area contributed by atoms with Crippen molar-refractivity contribution in [3.8, 4) is 0 Å². The molecule has 0 atom stereocenters. The van der Waals surface area contributed by atoms with Crippen LogP contribution >= 0.6 is 0 Å². The van der Waals surface area contributed by atoms with E-state index in [4.69, 9.17) is 0 Å². The first-order valence-corrected chi connectivity index (χ1v) is 4.50. The van der Waals surface area contributed by atoms with E-state index in [-0.39, 0.29) is 13.1 Å². The number of halogens is 3. The molecule has 0 aromatic heterocycles. The molecule has 0 radical (unpaired) electrons. The van der Waals surface area contributed by atoms with E-state index in [9.17, 15) is 22.8 Å². The maximum atomic E-state index is 12.2. The van der Waals surface area contributed by atoms with Crippen LogP contribution in [0.1, 0.15) is 19.3 Å². The third-order valence-corrected chi connectivity index (χ3v) is 2.41. The number of likely N-dealkylation sites (tertiary alicyclic amines) is 1. The quantitative estimate of drug-likeness (QED) is 0.382. The molecule has 1 heterocycles. The molecule has 0 N–H and O–H groups in total. The van der Waals surface area contributed by atoms with E-state index in [0.717, 1.165) is 12.5 Å². The fourth-order valence-electron chi connectivity index (χ4n) is 1.70. The molecule has 0 aromatic rings. The van der Waals surface area contributed by atoms with E-state index in [0.29, 0.717) is 12.8 Å². The van der Waals surface area contributed by atoms with E-state index in [1.807, 2.05) is 0 Å². The molecule has 0 aromatic carbocycles. The fourth-order valence-corrected chi connectivity index (χ4v) is 1.70. The second-order valence-electron chi connectivity index (χ2n) is 3.42. The van der Waals surface area contributed by atoms with Crippen LogP contribution in [-0.4, -0.2) is 35.8 Å². The van der Waals surface area contributed by atoms with Crippen LogP contribution in [0.2, 0.25) is 0 Å². The Bertz CT molecular complexity index is 301. The molecule has 1 fully saturated rings. The lowest BCUT2D eigenvalue weighted by Gasteiger charge is -2.31. The number of rotatable bonds is 1. The number of hydrogen-bond donors (Lipinski definition) is 0. The van der Waals surface area contributed by atoms with Crippen LogP contribution in [0, 0.1) is 0 Å². The van der Waals surface area contributed by atoms with Gasteiger partial charge in [-0.3, -0.25) is 0 Å². The summed E-state index contributed by atoms with van der Waals surface area (Å²) in [5.74, 6) is -1.98. The Kier molecular flexibility index (Phi) is 3.26. The van der Waals surface area contributed by atoms with Crippen molar-refractivity contribution in [3.05, 3.63) is 0 Å². The van der Waals surface area contributed by atoms with Crippen molar-refractivity contribution in [2.24, 2.45) is 5.10 Å². The van der Waals surface area contributed by atoms with Crippen LogP contribution in [0.3, 0.4) is 0 Å². The summed E-state index contributed by atoms with van der Waals surface area (Å²) in [4.78, 5) is 21.2. The zero-order valence-electron chi connectivity index (χ0n) is 7.88. The lowest BCUT2D eigenvalue weighted by molar-refractivity contribution is -0.870. The number of amides is 1. The van der Waals surface area contributed by atoms with Crippen LogP contribution < -0.4 is 0 Å². The molecule has 7 heteroatoms. The Morgan fingerprint density at radius 3 is 2.13 bits per heavy atom. The molecule has 1 aliphatic heterocycles. The Labute approximate surface area is 83.9 Å². The van der Waals surface area contributed by atoms with E-state index >= 15 is 0 Å². The minimum atomic E-state index is -4.96. The summed E-state index contributed by atoms with van der Waals surface area (Å²) in [6, 6.07) is 0. The maximum absolute atomic E-state index is 12.2. The predicted molar refractivity (Wildman–Crippen MR) is 43.0 cm³/mol. The molecule has 15 heavy (non-hydrogen) atoms. The van der Waals surface area contributed by atoms with Crippen molar-refractivity contribution in [1.82, 2.24) is 0 Å². The van der Waals surface area contributed by atoms with Gasteiger partial charge in [0.15, 0.2) is 0 Å². The monoisotopic (exact) mass is 223 g/mol. The average molecular weight is 223 g/mol. The minimum absolute atomic E-state index is 0.0758. The second-order valence-corrected chi connectivity index (χ2v) is 3.42. The van der Waals surface area contributed by atoms with Crippen LogP contribution in [0.15, 0.2) is 5.10 Å². The number of carbonyl (C=O) groups is 1. The number of nitrogens with zero attached hydrogens (tertiary/aromatic N) is 2. The molecule has 0 bridgehead atoms. The average Bonchev–Trinajstić information content (AvgIpc) is 2.17. The van der Waals surface area contributed by atoms with Gasteiger partial charge in [-0.2, -0.15) is 13.2 Å². The molecule has 1 saturated heterocycles. The summed E-state index contributed by atoms with van der Waals surface area (Å²) >= 11 is 0. The number of carbonyl (C=O) groups excluding carboxylic acids is 2. The third kappa shape index (κ3) is 2.43. The van der Waals surface area contributed by atoms with Crippen molar-refractivity contribution in [1.29, 1.82) is 0 Å². The number of alkyl halides is 3. The Hall–Kier alpha value is -1.20. The molecule has 0 spiro atoms. The van der Waals surface area contributed by atoms with Gasteiger partial charge >= 0.3 is 12.1 Å². The first kappa shape index (κ1) is 11.9. The summed E-state index contributed by atoms with van der Waals surface area (Å²) in [6.07, 6.45) is -2.25. The summed E-state index contributed by atoms with van der Waals surface area (Å²) < 4.78 is 35.6. The first-order chi connectivity index (χ1) is 6.92. The highest BCUT2D eigenvalue weighted by molar-refractivity contribution is 5.75. The maximum Gasteiger partial charge on any atom is 0.512 e. The topological polar surface area (TPSA) is 46.5 Å². The molecule has 0 saturated carbocycles. The zero-order chi connectivity index (χ0) is 11.5. The van der Waals surface area contributed by atoms with Crippen LogP contribution in [0.4, 0.5) is 13.2 Å². The highest BCUT2D eigenvalue weighted by Gasteiger charge is 2.56. The van der Waals surface area contributed by atoms with Gasteiger partial charge in [-0.05, 0) is 19.3 Å². The van der Waals surface area contributed by atoms with Crippen LogP contribution in [0.5, 0.6) is 0 Å². The van der Waals surface area contributed by atoms with Gasteiger partial charge in [0.2, 0.25) is 0 Å². The molecule has 0 aliphatic carbocycles. The van der Waals surface area contributed by atoms with Gasteiger partial charge in [0, 0.05) is 5.10 Å².